The maximum absolute atomic E-state index is 5.83. The Morgan fingerprint density at radius 3 is 2.65 bits per heavy atom. The molecule has 0 radical (unpaired) electrons. The molecule has 20 heavy (non-hydrogen) atoms. The molecule has 1 aromatic carbocycles. The van der Waals surface area contributed by atoms with Crippen LogP contribution < -0.4 is 15.2 Å². The molecule has 2 atom stereocenters. The zero-order valence-electron chi connectivity index (χ0n) is 13.0. The van der Waals surface area contributed by atoms with Crippen LogP contribution in [-0.2, 0) is 0 Å². The van der Waals surface area contributed by atoms with Gasteiger partial charge in [0.1, 0.15) is 11.5 Å². The number of aryl methyl sites for hydroxylation is 1. The van der Waals surface area contributed by atoms with E-state index in [-0.39, 0.29) is 0 Å². The van der Waals surface area contributed by atoms with Crippen LogP contribution in [0.1, 0.15) is 30.5 Å². The first-order valence-electron chi connectivity index (χ1n) is 7.32. The summed E-state index contributed by atoms with van der Waals surface area (Å²) in [6.07, 6.45) is 1.08. The van der Waals surface area contributed by atoms with Gasteiger partial charge in [0, 0.05) is 18.2 Å². The predicted molar refractivity (Wildman–Crippen MR) is 81.4 cm³/mol. The van der Waals surface area contributed by atoms with E-state index in [0.29, 0.717) is 18.6 Å². The first-order chi connectivity index (χ1) is 9.60. The maximum atomic E-state index is 5.83. The van der Waals surface area contributed by atoms with Crippen molar-refractivity contribution in [1.82, 2.24) is 4.90 Å². The van der Waals surface area contributed by atoms with Crippen LogP contribution in [0.25, 0.3) is 0 Å². The number of nitrogens with zero attached hydrogens (tertiary/aromatic N) is 1. The van der Waals surface area contributed by atoms with E-state index in [1.165, 1.54) is 5.56 Å². The Balaban J connectivity index is 2.36. The lowest BCUT2D eigenvalue weighted by atomic mass is 9.97. The SMILES string of the molecule is CCOc1cc(C2CC(CN)CN2C)c(OC)cc1C. The van der Waals surface area contributed by atoms with Gasteiger partial charge in [0.25, 0.3) is 0 Å². The van der Waals surface area contributed by atoms with E-state index < -0.39 is 0 Å². The van der Waals surface area contributed by atoms with Crippen molar-refractivity contribution >= 4 is 0 Å². The molecule has 4 nitrogen and oxygen atoms in total. The van der Waals surface area contributed by atoms with Crippen molar-refractivity contribution in [2.75, 3.05) is 33.9 Å². The molecule has 0 spiro atoms. The first-order valence-corrected chi connectivity index (χ1v) is 7.32. The molecule has 1 saturated heterocycles. The second-order valence-electron chi connectivity index (χ2n) is 5.59. The minimum absolute atomic E-state index is 0.360. The van der Waals surface area contributed by atoms with Gasteiger partial charge in [0.2, 0.25) is 0 Å². The van der Waals surface area contributed by atoms with E-state index in [9.17, 15) is 0 Å². The summed E-state index contributed by atoms with van der Waals surface area (Å²) in [5, 5.41) is 0. The number of methoxy groups -OCH3 is 1. The van der Waals surface area contributed by atoms with E-state index in [1.54, 1.807) is 7.11 Å². The molecule has 4 heteroatoms. The smallest absolute Gasteiger partial charge is 0.124 e. The number of ether oxygens (including phenoxy) is 2. The Morgan fingerprint density at radius 1 is 1.35 bits per heavy atom. The third kappa shape index (κ3) is 2.91. The van der Waals surface area contributed by atoms with Crippen LogP contribution in [0.5, 0.6) is 11.5 Å². The van der Waals surface area contributed by atoms with Crippen LogP contribution in [0.2, 0.25) is 0 Å². The zero-order chi connectivity index (χ0) is 14.7. The van der Waals surface area contributed by atoms with E-state index in [2.05, 4.69) is 31.0 Å². The third-order valence-corrected chi connectivity index (χ3v) is 4.15. The maximum Gasteiger partial charge on any atom is 0.124 e. The first kappa shape index (κ1) is 15.1. The highest BCUT2D eigenvalue weighted by molar-refractivity contribution is 5.47. The quantitative estimate of drug-likeness (QED) is 0.898. The lowest BCUT2D eigenvalue weighted by Gasteiger charge is -2.23. The Bertz CT molecular complexity index is 462. The normalized spacial score (nSPS) is 23.1. The molecule has 1 heterocycles. The highest BCUT2D eigenvalue weighted by Gasteiger charge is 2.32. The fourth-order valence-electron chi connectivity index (χ4n) is 3.07. The standard InChI is InChI=1S/C16H26N2O2/c1-5-20-15-8-13(16(19-4)6-11(15)2)14-7-12(9-17)10-18(14)3/h6,8,12,14H,5,7,9-10,17H2,1-4H3. The molecular formula is C16H26N2O2. The van der Waals surface area contributed by atoms with Crippen molar-refractivity contribution in [2.45, 2.75) is 26.3 Å². The molecule has 1 fully saturated rings. The molecule has 2 rings (SSSR count). The number of benzene rings is 1. The van der Waals surface area contributed by atoms with E-state index in [4.69, 9.17) is 15.2 Å². The lowest BCUT2D eigenvalue weighted by Crippen LogP contribution is -2.21. The fourth-order valence-corrected chi connectivity index (χ4v) is 3.07. The largest absolute Gasteiger partial charge is 0.496 e. The van der Waals surface area contributed by atoms with E-state index in [1.807, 2.05) is 6.92 Å². The van der Waals surface area contributed by atoms with Gasteiger partial charge < -0.3 is 15.2 Å². The monoisotopic (exact) mass is 278 g/mol. The Kier molecular flexibility index (Phi) is 4.89. The summed E-state index contributed by atoms with van der Waals surface area (Å²) >= 11 is 0. The summed E-state index contributed by atoms with van der Waals surface area (Å²) in [6.45, 7) is 6.53. The van der Waals surface area contributed by atoms with Gasteiger partial charge in [0.05, 0.1) is 13.7 Å². The molecule has 1 aliphatic heterocycles. The summed E-state index contributed by atoms with van der Waals surface area (Å²) in [7, 11) is 3.88. The lowest BCUT2D eigenvalue weighted by molar-refractivity contribution is 0.298. The number of nitrogens with two attached hydrogens (primary N) is 1. The second kappa shape index (κ2) is 6.46. The van der Waals surface area contributed by atoms with Crippen molar-refractivity contribution in [1.29, 1.82) is 0 Å². The summed E-state index contributed by atoms with van der Waals surface area (Å²) in [5.74, 6) is 2.46. The Hall–Kier alpha value is -1.26. The van der Waals surface area contributed by atoms with Crippen LogP contribution in [0.15, 0.2) is 12.1 Å². The van der Waals surface area contributed by atoms with Gasteiger partial charge in [0.15, 0.2) is 0 Å². The van der Waals surface area contributed by atoms with Crippen LogP contribution in [0.3, 0.4) is 0 Å². The van der Waals surface area contributed by atoms with Gasteiger partial charge in [-0.3, -0.25) is 4.90 Å². The molecule has 1 aromatic rings. The van der Waals surface area contributed by atoms with Crippen molar-refractivity contribution in [2.24, 2.45) is 11.7 Å². The molecule has 0 saturated carbocycles. The molecule has 1 aliphatic rings. The van der Waals surface area contributed by atoms with E-state index >= 15 is 0 Å². The molecule has 0 aliphatic carbocycles. The number of likely N-dealkylation sites (tertiary alicyclic amines) is 1. The number of hydrogen-bond donors (Lipinski definition) is 1. The topological polar surface area (TPSA) is 47.7 Å². The Labute approximate surface area is 121 Å². The van der Waals surface area contributed by atoms with Crippen LogP contribution in [-0.4, -0.2) is 38.8 Å². The second-order valence-corrected chi connectivity index (χ2v) is 5.59. The minimum atomic E-state index is 0.360. The third-order valence-electron chi connectivity index (χ3n) is 4.15. The molecular weight excluding hydrogens is 252 g/mol. The van der Waals surface area contributed by atoms with Crippen molar-refractivity contribution < 1.29 is 9.47 Å². The predicted octanol–water partition coefficient (Wildman–Crippen LogP) is 2.35. The Morgan fingerprint density at radius 2 is 2.10 bits per heavy atom. The molecule has 2 N–H and O–H groups in total. The molecule has 0 bridgehead atoms. The van der Waals surface area contributed by atoms with E-state index in [0.717, 1.165) is 36.6 Å². The van der Waals surface area contributed by atoms with Gasteiger partial charge in [-0.1, -0.05) is 0 Å². The zero-order valence-corrected chi connectivity index (χ0v) is 13.0. The minimum Gasteiger partial charge on any atom is -0.496 e. The molecule has 0 aromatic heterocycles. The summed E-state index contributed by atoms with van der Waals surface area (Å²) in [4.78, 5) is 2.36. The summed E-state index contributed by atoms with van der Waals surface area (Å²) in [6, 6.07) is 4.57. The fraction of sp³-hybridized carbons (Fsp3) is 0.625. The van der Waals surface area contributed by atoms with Gasteiger partial charge in [-0.2, -0.15) is 0 Å². The van der Waals surface area contributed by atoms with Gasteiger partial charge in [-0.15, -0.1) is 0 Å². The van der Waals surface area contributed by atoms with Gasteiger partial charge in [-0.25, -0.2) is 0 Å². The molecule has 2 unspecified atom stereocenters. The van der Waals surface area contributed by atoms with Crippen molar-refractivity contribution in [3.05, 3.63) is 23.3 Å². The molecule has 0 amide bonds. The highest BCUT2D eigenvalue weighted by atomic mass is 16.5. The van der Waals surface area contributed by atoms with Crippen LogP contribution in [0.4, 0.5) is 0 Å². The summed E-state index contributed by atoms with van der Waals surface area (Å²) < 4.78 is 11.3. The van der Waals surface area contributed by atoms with Crippen molar-refractivity contribution in [3.63, 3.8) is 0 Å². The average Bonchev–Trinajstić information content (AvgIpc) is 2.82. The number of rotatable bonds is 5. The number of hydrogen-bond acceptors (Lipinski definition) is 4. The van der Waals surface area contributed by atoms with Crippen molar-refractivity contribution in [3.8, 4) is 11.5 Å². The molecule has 112 valence electrons. The van der Waals surface area contributed by atoms with Gasteiger partial charge in [-0.05, 0) is 57.5 Å². The summed E-state index contributed by atoms with van der Waals surface area (Å²) in [5.41, 5.74) is 8.15. The highest BCUT2D eigenvalue weighted by Crippen LogP contribution is 2.41. The van der Waals surface area contributed by atoms with Gasteiger partial charge >= 0.3 is 0 Å². The van der Waals surface area contributed by atoms with Crippen LogP contribution in [0, 0.1) is 12.8 Å². The average molecular weight is 278 g/mol. The van der Waals surface area contributed by atoms with Crippen LogP contribution >= 0.6 is 0 Å².